The molecule has 2 fully saturated rings. The standard InChI is InChI=1S/C11H15F2N3O2S/c12-11(13)16-3-2-14-10(16)7-15-5-8-1-4-19(17,18)9(8)6-15/h2-3,8-9,11H,1,4-7H2/t8-,9+/m0/s1. The zero-order valence-corrected chi connectivity index (χ0v) is 11.1. The van der Waals surface area contributed by atoms with Gasteiger partial charge in [-0.25, -0.2) is 13.4 Å². The molecule has 3 heterocycles. The van der Waals surface area contributed by atoms with Crippen molar-refractivity contribution in [2.75, 3.05) is 18.8 Å². The maximum absolute atomic E-state index is 12.7. The summed E-state index contributed by atoms with van der Waals surface area (Å²) in [7, 11) is -2.98. The molecule has 2 aliphatic heterocycles. The van der Waals surface area contributed by atoms with Gasteiger partial charge in [0.25, 0.3) is 0 Å². The molecule has 8 heteroatoms. The first-order valence-electron chi connectivity index (χ1n) is 6.21. The van der Waals surface area contributed by atoms with Crippen LogP contribution >= 0.6 is 0 Å². The Balaban J connectivity index is 1.72. The van der Waals surface area contributed by atoms with Gasteiger partial charge in [0.05, 0.1) is 17.5 Å². The second kappa shape index (κ2) is 4.52. The normalized spacial score (nSPS) is 30.1. The number of imidazole rings is 1. The van der Waals surface area contributed by atoms with Crippen molar-refractivity contribution in [3.8, 4) is 0 Å². The van der Waals surface area contributed by atoms with Gasteiger partial charge in [0, 0.05) is 25.5 Å². The molecule has 1 aromatic heterocycles. The summed E-state index contributed by atoms with van der Waals surface area (Å²) in [5.41, 5.74) is 0. The molecule has 106 valence electrons. The zero-order valence-electron chi connectivity index (χ0n) is 10.2. The molecule has 0 N–H and O–H groups in total. The third-order valence-corrected chi connectivity index (χ3v) is 6.28. The predicted octanol–water partition coefficient (Wildman–Crippen LogP) is 0.897. The van der Waals surface area contributed by atoms with Crippen molar-refractivity contribution in [1.82, 2.24) is 14.5 Å². The largest absolute Gasteiger partial charge is 0.319 e. The van der Waals surface area contributed by atoms with Crippen LogP contribution in [0.5, 0.6) is 0 Å². The van der Waals surface area contributed by atoms with Gasteiger partial charge in [-0.05, 0) is 12.3 Å². The van der Waals surface area contributed by atoms with Gasteiger partial charge >= 0.3 is 6.55 Å². The van der Waals surface area contributed by atoms with E-state index in [1.54, 1.807) is 0 Å². The first-order chi connectivity index (χ1) is 8.97. The number of fused-ring (bicyclic) bond motifs is 1. The van der Waals surface area contributed by atoms with E-state index in [1.165, 1.54) is 12.4 Å². The maximum Gasteiger partial charge on any atom is 0.319 e. The van der Waals surface area contributed by atoms with Gasteiger partial charge in [-0.1, -0.05) is 0 Å². The fourth-order valence-electron chi connectivity index (χ4n) is 3.05. The SMILES string of the molecule is O=S1(=O)CC[C@H]2CN(Cc3nccn3C(F)F)C[C@H]21. The van der Waals surface area contributed by atoms with Crippen molar-refractivity contribution in [2.24, 2.45) is 5.92 Å². The highest BCUT2D eigenvalue weighted by atomic mass is 32.2. The summed E-state index contributed by atoms with van der Waals surface area (Å²) >= 11 is 0. The van der Waals surface area contributed by atoms with E-state index in [2.05, 4.69) is 4.98 Å². The van der Waals surface area contributed by atoms with Crippen LogP contribution in [-0.2, 0) is 16.4 Å². The fraction of sp³-hybridized carbons (Fsp3) is 0.727. The van der Waals surface area contributed by atoms with E-state index in [1.807, 2.05) is 4.90 Å². The highest BCUT2D eigenvalue weighted by molar-refractivity contribution is 7.92. The molecule has 2 aliphatic rings. The number of likely N-dealkylation sites (tertiary alicyclic amines) is 1. The van der Waals surface area contributed by atoms with Crippen LogP contribution < -0.4 is 0 Å². The fourth-order valence-corrected chi connectivity index (χ4v) is 5.23. The van der Waals surface area contributed by atoms with Gasteiger partial charge in [0.2, 0.25) is 0 Å². The van der Waals surface area contributed by atoms with Crippen molar-refractivity contribution in [3.63, 3.8) is 0 Å². The maximum atomic E-state index is 12.7. The lowest BCUT2D eigenvalue weighted by atomic mass is 10.1. The molecule has 0 bridgehead atoms. The second-order valence-electron chi connectivity index (χ2n) is 5.18. The third kappa shape index (κ3) is 2.27. The first-order valence-corrected chi connectivity index (χ1v) is 7.93. The number of nitrogens with zero attached hydrogens (tertiary/aromatic N) is 3. The summed E-state index contributed by atoms with van der Waals surface area (Å²) in [6.07, 6.45) is 3.27. The van der Waals surface area contributed by atoms with Gasteiger partial charge < -0.3 is 0 Å². The smallest absolute Gasteiger partial charge is 0.294 e. The molecular weight excluding hydrogens is 276 g/mol. The minimum absolute atomic E-state index is 0.153. The first kappa shape index (κ1) is 13.0. The van der Waals surface area contributed by atoms with Crippen molar-refractivity contribution in [1.29, 1.82) is 0 Å². The molecule has 0 spiro atoms. The summed E-state index contributed by atoms with van der Waals surface area (Å²) in [5, 5.41) is -0.317. The van der Waals surface area contributed by atoms with Gasteiger partial charge in [-0.3, -0.25) is 9.47 Å². The number of hydrogen-bond donors (Lipinski definition) is 0. The van der Waals surface area contributed by atoms with Crippen LogP contribution in [0.4, 0.5) is 8.78 Å². The summed E-state index contributed by atoms with van der Waals surface area (Å²) in [4.78, 5) is 5.83. The second-order valence-corrected chi connectivity index (χ2v) is 7.52. The Hall–Kier alpha value is -1.02. The van der Waals surface area contributed by atoms with Crippen LogP contribution in [0, 0.1) is 5.92 Å². The lowest BCUT2D eigenvalue weighted by Crippen LogP contribution is -2.27. The Labute approximate surface area is 110 Å². The molecule has 0 saturated carbocycles. The van der Waals surface area contributed by atoms with Crippen LogP contribution in [-0.4, -0.2) is 47.0 Å². The zero-order chi connectivity index (χ0) is 13.6. The van der Waals surface area contributed by atoms with E-state index < -0.39 is 16.4 Å². The van der Waals surface area contributed by atoms with Gasteiger partial charge in [-0.15, -0.1) is 0 Å². The molecule has 3 rings (SSSR count). The number of rotatable bonds is 3. The van der Waals surface area contributed by atoms with Crippen LogP contribution in [0.1, 0.15) is 18.8 Å². The van der Waals surface area contributed by atoms with Gasteiger partial charge in [0.15, 0.2) is 9.84 Å². The van der Waals surface area contributed by atoms with Crippen LogP contribution in [0.2, 0.25) is 0 Å². The van der Waals surface area contributed by atoms with E-state index in [0.29, 0.717) is 19.5 Å². The Kier molecular flexibility index (Phi) is 3.09. The van der Waals surface area contributed by atoms with E-state index in [-0.39, 0.29) is 29.3 Å². The molecule has 0 aliphatic carbocycles. The Morgan fingerprint density at radius 2 is 2.21 bits per heavy atom. The number of aromatic nitrogens is 2. The van der Waals surface area contributed by atoms with Crippen molar-refractivity contribution >= 4 is 9.84 Å². The number of hydrogen-bond acceptors (Lipinski definition) is 4. The van der Waals surface area contributed by atoms with Gasteiger partial charge in [0.1, 0.15) is 5.82 Å². The quantitative estimate of drug-likeness (QED) is 0.830. The monoisotopic (exact) mass is 291 g/mol. The highest BCUT2D eigenvalue weighted by Crippen LogP contribution is 2.34. The minimum Gasteiger partial charge on any atom is -0.294 e. The Bertz CT molecular complexity index is 572. The molecule has 2 saturated heterocycles. The Morgan fingerprint density at radius 1 is 1.42 bits per heavy atom. The minimum atomic E-state index is -2.98. The van der Waals surface area contributed by atoms with Crippen molar-refractivity contribution in [2.45, 2.75) is 24.8 Å². The molecule has 0 amide bonds. The van der Waals surface area contributed by atoms with Crippen LogP contribution in [0.25, 0.3) is 0 Å². The molecular formula is C11H15F2N3O2S. The van der Waals surface area contributed by atoms with Crippen molar-refractivity contribution in [3.05, 3.63) is 18.2 Å². The number of sulfone groups is 1. The molecule has 2 atom stereocenters. The predicted molar refractivity (Wildman–Crippen MR) is 64.4 cm³/mol. The number of halogens is 2. The topological polar surface area (TPSA) is 55.2 Å². The van der Waals surface area contributed by atoms with Crippen LogP contribution in [0.15, 0.2) is 12.4 Å². The van der Waals surface area contributed by atoms with Crippen LogP contribution in [0.3, 0.4) is 0 Å². The average molecular weight is 291 g/mol. The molecule has 19 heavy (non-hydrogen) atoms. The average Bonchev–Trinajstić information content (AvgIpc) is 2.98. The Morgan fingerprint density at radius 3 is 2.89 bits per heavy atom. The molecule has 0 aromatic carbocycles. The molecule has 5 nitrogen and oxygen atoms in total. The number of alkyl halides is 2. The van der Waals surface area contributed by atoms with E-state index in [4.69, 9.17) is 0 Å². The molecule has 1 aromatic rings. The summed E-state index contributed by atoms with van der Waals surface area (Å²) in [5.74, 6) is 0.703. The highest BCUT2D eigenvalue weighted by Gasteiger charge is 2.46. The van der Waals surface area contributed by atoms with E-state index in [9.17, 15) is 17.2 Å². The lowest BCUT2D eigenvalue weighted by molar-refractivity contribution is 0.0644. The molecule has 0 unspecified atom stereocenters. The lowest BCUT2D eigenvalue weighted by Gasteiger charge is -2.17. The molecule has 0 radical (unpaired) electrons. The van der Waals surface area contributed by atoms with E-state index in [0.717, 1.165) is 4.57 Å². The summed E-state index contributed by atoms with van der Waals surface area (Å²) in [6.45, 7) is -1.24. The van der Waals surface area contributed by atoms with Gasteiger partial charge in [-0.2, -0.15) is 8.78 Å². The summed E-state index contributed by atoms with van der Waals surface area (Å²) < 4.78 is 49.8. The summed E-state index contributed by atoms with van der Waals surface area (Å²) in [6, 6.07) is 0. The van der Waals surface area contributed by atoms with Crippen molar-refractivity contribution < 1.29 is 17.2 Å². The van der Waals surface area contributed by atoms with E-state index >= 15 is 0 Å². The third-order valence-electron chi connectivity index (χ3n) is 4.02.